The maximum absolute atomic E-state index is 5.82. The average Bonchev–Trinajstić information content (AvgIpc) is 2.48. The molecule has 2 aromatic carbocycles. The molecule has 94 valence electrons. The van der Waals surface area contributed by atoms with Gasteiger partial charge in [0, 0.05) is 10.8 Å². The molecule has 3 aromatic rings. The lowest BCUT2D eigenvalue weighted by molar-refractivity contribution is 0.301. The SMILES string of the molecule is Nc1nnc(COc2ccccc2)c2ccccc12. The third kappa shape index (κ3) is 2.33. The van der Waals surface area contributed by atoms with Crippen LogP contribution in [0, 0.1) is 0 Å². The number of benzene rings is 2. The first-order chi connectivity index (χ1) is 9.34. The Labute approximate surface area is 110 Å². The van der Waals surface area contributed by atoms with Crippen molar-refractivity contribution in [3.05, 3.63) is 60.3 Å². The van der Waals surface area contributed by atoms with E-state index in [1.165, 1.54) is 0 Å². The van der Waals surface area contributed by atoms with Gasteiger partial charge >= 0.3 is 0 Å². The van der Waals surface area contributed by atoms with Crippen molar-refractivity contribution in [2.75, 3.05) is 5.73 Å². The summed E-state index contributed by atoms with van der Waals surface area (Å²) in [6.07, 6.45) is 0. The summed E-state index contributed by atoms with van der Waals surface area (Å²) in [7, 11) is 0. The molecule has 3 rings (SSSR count). The summed E-state index contributed by atoms with van der Waals surface area (Å²) < 4.78 is 5.70. The van der Waals surface area contributed by atoms with Crippen LogP contribution in [0.3, 0.4) is 0 Å². The van der Waals surface area contributed by atoms with Crippen molar-refractivity contribution in [2.45, 2.75) is 6.61 Å². The summed E-state index contributed by atoms with van der Waals surface area (Å²) in [4.78, 5) is 0. The van der Waals surface area contributed by atoms with Gasteiger partial charge in [0.15, 0.2) is 5.82 Å². The minimum atomic E-state index is 0.373. The molecular formula is C15H13N3O. The molecule has 0 amide bonds. The van der Waals surface area contributed by atoms with Crippen LogP contribution in [0.2, 0.25) is 0 Å². The van der Waals surface area contributed by atoms with E-state index >= 15 is 0 Å². The molecule has 0 bridgehead atoms. The Kier molecular flexibility index (Phi) is 2.98. The second kappa shape index (κ2) is 4.94. The molecule has 0 unspecified atom stereocenters. The normalized spacial score (nSPS) is 10.5. The molecule has 0 spiro atoms. The number of nitrogens with two attached hydrogens (primary N) is 1. The summed E-state index contributed by atoms with van der Waals surface area (Å²) >= 11 is 0. The van der Waals surface area contributed by atoms with Crippen molar-refractivity contribution in [3.63, 3.8) is 0 Å². The van der Waals surface area contributed by atoms with Crippen LogP contribution < -0.4 is 10.5 Å². The molecule has 1 aromatic heterocycles. The maximum Gasteiger partial charge on any atom is 0.154 e. The number of ether oxygens (including phenoxy) is 1. The van der Waals surface area contributed by atoms with Crippen LogP contribution in [0.4, 0.5) is 5.82 Å². The average molecular weight is 251 g/mol. The van der Waals surface area contributed by atoms with E-state index in [0.29, 0.717) is 12.4 Å². The van der Waals surface area contributed by atoms with E-state index in [1.54, 1.807) is 0 Å². The van der Waals surface area contributed by atoms with Crippen molar-refractivity contribution in [1.82, 2.24) is 10.2 Å². The number of rotatable bonds is 3. The molecule has 19 heavy (non-hydrogen) atoms. The number of hydrogen-bond donors (Lipinski definition) is 1. The van der Waals surface area contributed by atoms with Crippen molar-refractivity contribution < 1.29 is 4.74 Å². The first-order valence-electron chi connectivity index (χ1n) is 6.02. The topological polar surface area (TPSA) is 61.0 Å². The van der Waals surface area contributed by atoms with Gasteiger partial charge in [0.2, 0.25) is 0 Å². The van der Waals surface area contributed by atoms with Crippen LogP contribution in [0.5, 0.6) is 5.75 Å². The summed E-state index contributed by atoms with van der Waals surface area (Å²) in [6.45, 7) is 0.373. The zero-order valence-corrected chi connectivity index (χ0v) is 10.3. The Morgan fingerprint density at radius 3 is 2.32 bits per heavy atom. The van der Waals surface area contributed by atoms with E-state index in [2.05, 4.69) is 10.2 Å². The number of nitrogens with zero attached hydrogens (tertiary/aromatic N) is 2. The highest BCUT2D eigenvalue weighted by Gasteiger charge is 2.07. The maximum atomic E-state index is 5.82. The predicted octanol–water partition coefficient (Wildman–Crippen LogP) is 2.79. The summed E-state index contributed by atoms with van der Waals surface area (Å²) in [5.41, 5.74) is 6.60. The molecule has 2 N–H and O–H groups in total. The van der Waals surface area contributed by atoms with E-state index in [4.69, 9.17) is 10.5 Å². The number of nitrogen functional groups attached to an aromatic ring is 1. The van der Waals surface area contributed by atoms with Gasteiger partial charge < -0.3 is 10.5 Å². The van der Waals surface area contributed by atoms with Crippen molar-refractivity contribution >= 4 is 16.6 Å². The lowest BCUT2D eigenvalue weighted by Gasteiger charge is -2.08. The van der Waals surface area contributed by atoms with Crippen LogP contribution >= 0.6 is 0 Å². The van der Waals surface area contributed by atoms with Gasteiger partial charge in [-0.25, -0.2) is 0 Å². The quantitative estimate of drug-likeness (QED) is 0.777. The molecule has 0 saturated carbocycles. The highest BCUT2D eigenvalue weighted by atomic mass is 16.5. The minimum absolute atomic E-state index is 0.373. The Morgan fingerprint density at radius 2 is 1.53 bits per heavy atom. The van der Waals surface area contributed by atoms with Gasteiger partial charge in [-0.05, 0) is 12.1 Å². The van der Waals surface area contributed by atoms with Gasteiger partial charge in [-0.15, -0.1) is 10.2 Å². The Balaban J connectivity index is 1.91. The molecule has 4 nitrogen and oxygen atoms in total. The van der Waals surface area contributed by atoms with E-state index in [9.17, 15) is 0 Å². The van der Waals surface area contributed by atoms with Crippen molar-refractivity contribution in [3.8, 4) is 5.75 Å². The summed E-state index contributed by atoms with van der Waals surface area (Å²) in [6, 6.07) is 17.4. The van der Waals surface area contributed by atoms with Crippen LogP contribution in [-0.2, 0) is 6.61 Å². The van der Waals surface area contributed by atoms with E-state index in [-0.39, 0.29) is 0 Å². The summed E-state index contributed by atoms with van der Waals surface area (Å²) in [5.74, 6) is 1.25. The fourth-order valence-corrected chi connectivity index (χ4v) is 1.96. The highest BCUT2D eigenvalue weighted by Crippen LogP contribution is 2.21. The van der Waals surface area contributed by atoms with Crippen LogP contribution in [0.1, 0.15) is 5.69 Å². The van der Waals surface area contributed by atoms with Crippen molar-refractivity contribution in [1.29, 1.82) is 0 Å². The molecule has 4 heteroatoms. The van der Waals surface area contributed by atoms with Gasteiger partial charge in [0.25, 0.3) is 0 Å². The zero-order valence-electron chi connectivity index (χ0n) is 10.3. The molecule has 0 aliphatic rings. The number of para-hydroxylation sites is 1. The molecule has 0 aliphatic carbocycles. The standard InChI is InChI=1S/C15H13N3O/c16-15-13-9-5-4-8-12(13)14(17-18-15)10-19-11-6-2-1-3-7-11/h1-9H,10H2,(H2,16,18). The Morgan fingerprint density at radius 1 is 0.842 bits per heavy atom. The van der Waals surface area contributed by atoms with Gasteiger partial charge in [-0.1, -0.05) is 42.5 Å². The molecule has 0 atom stereocenters. The fraction of sp³-hybridized carbons (Fsp3) is 0.0667. The molecular weight excluding hydrogens is 238 g/mol. The number of aromatic nitrogens is 2. The first-order valence-corrected chi connectivity index (χ1v) is 6.02. The third-order valence-corrected chi connectivity index (χ3v) is 2.91. The minimum Gasteiger partial charge on any atom is -0.487 e. The Bertz CT molecular complexity index is 698. The highest BCUT2D eigenvalue weighted by molar-refractivity contribution is 5.91. The van der Waals surface area contributed by atoms with Gasteiger partial charge in [-0.2, -0.15) is 0 Å². The number of anilines is 1. The first kappa shape index (κ1) is 11.5. The van der Waals surface area contributed by atoms with Crippen LogP contribution in [0.25, 0.3) is 10.8 Å². The molecule has 0 fully saturated rings. The van der Waals surface area contributed by atoms with Gasteiger partial charge in [0.05, 0.1) is 0 Å². The third-order valence-electron chi connectivity index (χ3n) is 2.91. The lowest BCUT2D eigenvalue weighted by Crippen LogP contribution is -2.03. The van der Waals surface area contributed by atoms with E-state index in [0.717, 1.165) is 22.2 Å². The van der Waals surface area contributed by atoms with E-state index < -0.39 is 0 Å². The van der Waals surface area contributed by atoms with Gasteiger partial charge in [0.1, 0.15) is 18.1 Å². The van der Waals surface area contributed by atoms with Crippen molar-refractivity contribution in [2.24, 2.45) is 0 Å². The Hall–Kier alpha value is -2.62. The second-order valence-electron chi connectivity index (χ2n) is 4.18. The molecule has 0 radical (unpaired) electrons. The fourth-order valence-electron chi connectivity index (χ4n) is 1.96. The van der Waals surface area contributed by atoms with Crippen LogP contribution in [0.15, 0.2) is 54.6 Å². The molecule has 1 heterocycles. The smallest absolute Gasteiger partial charge is 0.154 e. The molecule has 0 aliphatic heterocycles. The zero-order chi connectivity index (χ0) is 13.1. The number of fused-ring (bicyclic) bond motifs is 1. The predicted molar refractivity (Wildman–Crippen MR) is 74.7 cm³/mol. The summed E-state index contributed by atoms with van der Waals surface area (Å²) in [5, 5.41) is 9.97. The molecule has 0 saturated heterocycles. The lowest BCUT2D eigenvalue weighted by atomic mass is 10.1. The largest absolute Gasteiger partial charge is 0.487 e. The monoisotopic (exact) mass is 251 g/mol. The number of hydrogen-bond acceptors (Lipinski definition) is 4. The van der Waals surface area contributed by atoms with E-state index in [1.807, 2.05) is 54.6 Å². The van der Waals surface area contributed by atoms with Gasteiger partial charge in [-0.3, -0.25) is 0 Å². The second-order valence-corrected chi connectivity index (χ2v) is 4.18. The van der Waals surface area contributed by atoms with Crippen LogP contribution in [-0.4, -0.2) is 10.2 Å².